The Morgan fingerprint density at radius 1 is 1.58 bits per heavy atom. The topological polar surface area (TPSA) is 64.0 Å². The Labute approximate surface area is 115 Å². The molecule has 0 spiro atoms. The second kappa shape index (κ2) is 5.63. The molecule has 2 rings (SSSR count). The number of nitrogens with one attached hydrogen (secondary N) is 1. The van der Waals surface area contributed by atoms with Gasteiger partial charge in [0.05, 0.1) is 17.2 Å². The first-order valence-electron chi connectivity index (χ1n) is 6.77. The standard InChI is InChI=1S/C13H23N3O2S/c1-10-6-13(16(3)15-10)8-12(14-2)7-11-4-5-19(17,18)9-11/h6,11-12,14H,4-5,7-9H2,1-3H3. The number of rotatable bonds is 5. The molecular formula is C13H23N3O2S. The highest BCUT2D eigenvalue weighted by atomic mass is 32.2. The van der Waals surface area contributed by atoms with Crippen molar-refractivity contribution in [2.45, 2.75) is 32.2 Å². The zero-order valence-corrected chi connectivity index (χ0v) is 12.7. The molecule has 5 nitrogen and oxygen atoms in total. The summed E-state index contributed by atoms with van der Waals surface area (Å²) in [6, 6.07) is 2.41. The highest BCUT2D eigenvalue weighted by Gasteiger charge is 2.29. The Morgan fingerprint density at radius 2 is 2.32 bits per heavy atom. The third kappa shape index (κ3) is 3.79. The predicted octanol–water partition coefficient (Wildman–Crippen LogP) is 0.684. The van der Waals surface area contributed by atoms with Crippen molar-refractivity contribution in [1.29, 1.82) is 0 Å². The van der Waals surface area contributed by atoms with Crippen molar-refractivity contribution in [3.63, 3.8) is 0 Å². The van der Waals surface area contributed by atoms with E-state index in [-0.39, 0.29) is 0 Å². The third-order valence-electron chi connectivity index (χ3n) is 3.91. The number of aromatic nitrogens is 2. The van der Waals surface area contributed by atoms with Crippen LogP contribution in [-0.2, 0) is 23.3 Å². The van der Waals surface area contributed by atoms with Crippen molar-refractivity contribution < 1.29 is 8.42 Å². The molecule has 1 aromatic heterocycles. The molecule has 1 N–H and O–H groups in total. The predicted molar refractivity (Wildman–Crippen MR) is 75.9 cm³/mol. The molecule has 2 unspecified atom stereocenters. The van der Waals surface area contributed by atoms with Crippen molar-refractivity contribution >= 4 is 9.84 Å². The van der Waals surface area contributed by atoms with Gasteiger partial charge in [-0.15, -0.1) is 0 Å². The molecule has 2 atom stereocenters. The van der Waals surface area contributed by atoms with E-state index >= 15 is 0 Å². The van der Waals surface area contributed by atoms with Crippen LogP contribution in [0.3, 0.4) is 0 Å². The van der Waals surface area contributed by atoms with E-state index in [9.17, 15) is 8.42 Å². The number of hydrogen-bond acceptors (Lipinski definition) is 4. The van der Waals surface area contributed by atoms with Crippen molar-refractivity contribution in [1.82, 2.24) is 15.1 Å². The highest BCUT2D eigenvalue weighted by molar-refractivity contribution is 7.91. The van der Waals surface area contributed by atoms with Gasteiger partial charge in [-0.2, -0.15) is 5.10 Å². The average Bonchev–Trinajstić information content (AvgIpc) is 2.81. The Bertz CT molecular complexity index is 536. The molecule has 1 saturated heterocycles. The van der Waals surface area contributed by atoms with Crippen molar-refractivity contribution in [2.24, 2.45) is 13.0 Å². The van der Waals surface area contributed by atoms with Gasteiger partial charge in [-0.3, -0.25) is 4.68 Å². The smallest absolute Gasteiger partial charge is 0.150 e. The molecule has 1 fully saturated rings. The van der Waals surface area contributed by atoms with Crippen molar-refractivity contribution in [2.75, 3.05) is 18.6 Å². The molecule has 19 heavy (non-hydrogen) atoms. The van der Waals surface area contributed by atoms with Crippen LogP contribution in [0.5, 0.6) is 0 Å². The van der Waals surface area contributed by atoms with Crippen LogP contribution in [0.4, 0.5) is 0 Å². The fourth-order valence-electron chi connectivity index (χ4n) is 2.87. The fraction of sp³-hybridized carbons (Fsp3) is 0.769. The summed E-state index contributed by atoms with van der Waals surface area (Å²) in [6.07, 6.45) is 2.62. The third-order valence-corrected chi connectivity index (χ3v) is 5.74. The van der Waals surface area contributed by atoms with Crippen LogP contribution in [0.2, 0.25) is 0 Å². The summed E-state index contributed by atoms with van der Waals surface area (Å²) in [5.41, 5.74) is 2.22. The van der Waals surface area contributed by atoms with Gasteiger partial charge < -0.3 is 5.32 Å². The minimum absolute atomic E-state index is 0.303. The average molecular weight is 285 g/mol. The minimum Gasteiger partial charge on any atom is -0.317 e. The zero-order valence-electron chi connectivity index (χ0n) is 11.9. The van der Waals surface area contributed by atoms with E-state index in [0.29, 0.717) is 23.5 Å². The lowest BCUT2D eigenvalue weighted by Crippen LogP contribution is -2.31. The zero-order chi connectivity index (χ0) is 14.0. The molecule has 1 aromatic rings. The summed E-state index contributed by atoms with van der Waals surface area (Å²) in [4.78, 5) is 0. The molecule has 0 saturated carbocycles. The van der Waals surface area contributed by atoms with Gasteiger partial charge in [-0.1, -0.05) is 0 Å². The summed E-state index contributed by atoms with van der Waals surface area (Å²) in [5.74, 6) is 1.02. The summed E-state index contributed by atoms with van der Waals surface area (Å²) in [5, 5.41) is 7.65. The van der Waals surface area contributed by atoms with Gasteiger partial charge in [-0.25, -0.2) is 8.42 Å². The van der Waals surface area contributed by atoms with E-state index in [4.69, 9.17) is 0 Å². The quantitative estimate of drug-likeness (QED) is 0.864. The van der Waals surface area contributed by atoms with Crippen LogP contribution in [0.15, 0.2) is 6.07 Å². The van der Waals surface area contributed by atoms with E-state index in [0.717, 1.165) is 25.0 Å². The summed E-state index contributed by atoms with van der Waals surface area (Å²) in [7, 11) is 1.12. The summed E-state index contributed by atoms with van der Waals surface area (Å²) >= 11 is 0. The molecule has 0 bridgehead atoms. The maximum absolute atomic E-state index is 11.5. The number of nitrogens with zero attached hydrogens (tertiary/aromatic N) is 2. The normalized spacial score (nSPS) is 23.6. The van der Waals surface area contributed by atoms with Crippen molar-refractivity contribution in [3.8, 4) is 0 Å². The minimum atomic E-state index is -2.77. The molecule has 1 aliphatic heterocycles. The largest absolute Gasteiger partial charge is 0.317 e. The molecule has 1 aliphatic rings. The lowest BCUT2D eigenvalue weighted by atomic mass is 9.96. The summed E-state index contributed by atoms with van der Waals surface area (Å²) < 4.78 is 24.9. The van der Waals surface area contributed by atoms with Gasteiger partial charge >= 0.3 is 0 Å². The van der Waals surface area contributed by atoms with E-state index < -0.39 is 9.84 Å². The number of likely N-dealkylation sites (N-methyl/N-ethyl adjacent to an activating group) is 1. The number of sulfone groups is 1. The molecular weight excluding hydrogens is 262 g/mol. The number of hydrogen-bond donors (Lipinski definition) is 1. The fourth-order valence-corrected chi connectivity index (χ4v) is 4.75. The first-order chi connectivity index (χ1) is 8.89. The van der Waals surface area contributed by atoms with Gasteiger partial charge in [0.1, 0.15) is 0 Å². The van der Waals surface area contributed by atoms with Crippen molar-refractivity contribution in [3.05, 3.63) is 17.5 Å². The molecule has 0 radical (unpaired) electrons. The molecule has 2 heterocycles. The van der Waals surface area contributed by atoms with Crippen LogP contribution in [0.1, 0.15) is 24.2 Å². The van der Waals surface area contributed by atoms with Gasteiger partial charge in [0.15, 0.2) is 9.84 Å². The second-order valence-corrected chi connectivity index (χ2v) is 7.82. The summed E-state index contributed by atoms with van der Waals surface area (Å²) in [6.45, 7) is 1.99. The van der Waals surface area contributed by atoms with Crippen LogP contribution in [0.25, 0.3) is 0 Å². The van der Waals surface area contributed by atoms with E-state index in [1.54, 1.807) is 0 Å². The van der Waals surface area contributed by atoms with Crippen LogP contribution in [-0.4, -0.2) is 42.8 Å². The molecule has 6 heteroatoms. The Balaban J connectivity index is 1.96. The van der Waals surface area contributed by atoms with Gasteiger partial charge in [-0.05, 0) is 38.8 Å². The maximum Gasteiger partial charge on any atom is 0.150 e. The lowest BCUT2D eigenvalue weighted by Gasteiger charge is -2.19. The van der Waals surface area contributed by atoms with E-state index in [2.05, 4.69) is 16.5 Å². The number of aryl methyl sites for hydroxylation is 2. The Hall–Kier alpha value is -0.880. The SMILES string of the molecule is CNC(Cc1cc(C)nn1C)CC1CCS(=O)(=O)C1. The van der Waals surface area contributed by atoms with Gasteiger partial charge in [0.25, 0.3) is 0 Å². The molecule has 108 valence electrons. The Morgan fingerprint density at radius 3 is 2.79 bits per heavy atom. The monoisotopic (exact) mass is 285 g/mol. The second-order valence-electron chi connectivity index (χ2n) is 5.60. The first-order valence-corrected chi connectivity index (χ1v) is 8.59. The molecule has 0 aliphatic carbocycles. The molecule has 0 amide bonds. The van der Waals surface area contributed by atoms with Gasteiger partial charge in [0, 0.05) is 25.2 Å². The van der Waals surface area contributed by atoms with Gasteiger partial charge in [0.2, 0.25) is 0 Å². The lowest BCUT2D eigenvalue weighted by molar-refractivity contribution is 0.417. The maximum atomic E-state index is 11.5. The van der Waals surface area contributed by atoms with E-state index in [1.807, 2.05) is 25.7 Å². The highest BCUT2D eigenvalue weighted by Crippen LogP contribution is 2.24. The first kappa shape index (κ1) is 14.5. The Kier molecular flexibility index (Phi) is 4.30. The molecule has 0 aromatic carbocycles. The van der Waals surface area contributed by atoms with Crippen LogP contribution >= 0.6 is 0 Å². The van der Waals surface area contributed by atoms with Crippen LogP contribution < -0.4 is 5.32 Å². The van der Waals surface area contributed by atoms with Crippen LogP contribution in [0, 0.1) is 12.8 Å². The van der Waals surface area contributed by atoms with E-state index in [1.165, 1.54) is 5.69 Å².